The van der Waals surface area contributed by atoms with Gasteiger partial charge in [0.05, 0.1) is 0 Å². The van der Waals surface area contributed by atoms with Crippen LogP contribution >= 0.6 is 0 Å². The quantitative estimate of drug-likeness (QED) is 0.398. The van der Waals surface area contributed by atoms with E-state index >= 15 is 0 Å². The van der Waals surface area contributed by atoms with E-state index in [1.807, 2.05) is 0 Å². The van der Waals surface area contributed by atoms with E-state index in [0.717, 1.165) is 6.54 Å². The number of rotatable bonds is 1. The Labute approximate surface area is 99.7 Å². The van der Waals surface area contributed by atoms with Gasteiger partial charge in [0.2, 0.25) is 0 Å². The third-order valence-electron chi connectivity index (χ3n) is 0.0786. The molecule has 4 heteroatoms. The molecule has 0 aromatic rings. The van der Waals surface area contributed by atoms with Crippen molar-refractivity contribution in [2.24, 2.45) is 5.73 Å². The summed E-state index contributed by atoms with van der Waals surface area (Å²) in [6.45, 7) is 0.944. The van der Waals surface area contributed by atoms with Gasteiger partial charge in [0.15, 0.2) is 0 Å². The molecule has 2 nitrogen and oxygen atoms in total. The van der Waals surface area contributed by atoms with Gasteiger partial charge in [0.1, 0.15) is 0 Å². The molecule has 31 valence electrons. The molecule has 0 aromatic carbocycles. The fourth-order valence-corrected chi connectivity index (χ4v) is 0. The SMILES string of the molecule is N[CH-]C=O.[Rb+].[Re]. The molecule has 0 bridgehead atoms. The van der Waals surface area contributed by atoms with Crippen LogP contribution in [0.15, 0.2) is 0 Å². The number of nitrogens with two attached hydrogens (primary N) is 1. The van der Waals surface area contributed by atoms with E-state index in [-0.39, 0.29) is 78.6 Å². The van der Waals surface area contributed by atoms with Crippen molar-refractivity contribution < 1.29 is 83.4 Å². The summed E-state index contributed by atoms with van der Waals surface area (Å²) < 4.78 is 0. The molecule has 0 aliphatic rings. The fraction of sp³-hybridized carbons (Fsp3) is 0. The van der Waals surface area contributed by atoms with Crippen LogP contribution in [0.5, 0.6) is 0 Å². The topological polar surface area (TPSA) is 43.1 Å². The average molecular weight is 330 g/mol. The van der Waals surface area contributed by atoms with Crippen molar-refractivity contribution in [2.45, 2.75) is 0 Å². The Morgan fingerprint density at radius 2 is 1.83 bits per heavy atom. The maximum absolute atomic E-state index is 8.99. The zero-order valence-corrected chi connectivity index (χ0v) is 11.2. The van der Waals surface area contributed by atoms with E-state index in [9.17, 15) is 0 Å². The number of hydrogen-bond acceptors (Lipinski definition) is 2. The van der Waals surface area contributed by atoms with Gasteiger partial charge >= 0.3 is 58.2 Å². The maximum Gasteiger partial charge on any atom is 1.00 e. The summed E-state index contributed by atoms with van der Waals surface area (Å²) in [5.74, 6) is 0. The van der Waals surface area contributed by atoms with Gasteiger partial charge in [0, 0.05) is 20.4 Å². The van der Waals surface area contributed by atoms with Crippen LogP contribution in [0.1, 0.15) is 0 Å². The second-order valence-electron chi connectivity index (χ2n) is 0.329. The van der Waals surface area contributed by atoms with E-state index < -0.39 is 0 Å². The minimum atomic E-state index is 0. The van der Waals surface area contributed by atoms with E-state index in [1.165, 1.54) is 0 Å². The minimum absolute atomic E-state index is 0. The summed E-state index contributed by atoms with van der Waals surface area (Å²) in [6.07, 6.45) is 0.528. The van der Waals surface area contributed by atoms with Gasteiger partial charge in [0.25, 0.3) is 0 Å². The summed E-state index contributed by atoms with van der Waals surface area (Å²) in [7, 11) is 0. The Morgan fingerprint density at radius 1 is 1.67 bits per heavy atom. The summed E-state index contributed by atoms with van der Waals surface area (Å²) in [5.41, 5.74) is 4.53. The summed E-state index contributed by atoms with van der Waals surface area (Å²) in [4.78, 5) is 8.99. The smallest absolute Gasteiger partial charge is 0.462 e. The van der Waals surface area contributed by atoms with Crippen molar-refractivity contribution in [3.8, 4) is 0 Å². The molecule has 0 saturated heterocycles. The Morgan fingerprint density at radius 3 is 1.83 bits per heavy atom. The van der Waals surface area contributed by atoms with E-state index in [2.05, 4.69) is 5.73 Å². The molecule has 0 atom stereocenters. The molecular formula is C2H4NORbRe. The third kappa shape index (κ3) is 16.7. The largest absolute Gasteiger partial charge is 1.00 e. The van der Waals surface area contributed by atoms with Crippen molar-refractivity contribution in [1.29, 1.82) is 0 Å². The zero-order valence-electron chi connectivity index (χ0n) is 3.52. The molecule has 1 radical (unpaired) electrons. The molecule has 0 aliphatic heterocycles. The molecule has 0 rings (SSSR count). The van der Waals surface area contributed by atoms with Gasteiger partial charge < -0.3 is 10.5 Å². The van der Waals surface area contributed by atoms with Gasteiger partial charge in [-0.1, -0.05) is 0 Å². The molecule has 6 heavy (non-hydrogen) atoms. The predicted molar refractivity (Wildman–Crippen MR) is 14.6 cm³/mol. The Kier molecular flexibility index (Phi) is 41.2. The van der Waals surface area contributed by atoms with Crippen molar-refractivity contribution >= 4 is 6.29 Å². The molecule has 0 saturated carbocycles. The van der Waals surface area contributed by atoms with Gasteiger partial charge in [-0.25, -0.2) is 0 Å². The van der Waals surface area contributed by atoms with Crippen LogP contribution in [0.2, 0.25) is 0 Å². The van der Waals surface area contributed by atoms with Gasteiger partial charge in [-0.2, -0.15) is 0 Å². The number of hydrogen-bond donors (Lipinski definition) is 1. The first-order valence-electron chi connectivity index (χ1n) is 0.902. The van der Waals surface area contributed by atoms with Gasteiger partial charge in [-0.3, -0.25) is 6.54 Å². The molecule has 0 unspecified atom stereocenters. The van der Waals surface area contributed by atoms with Crippen LogP contribution in [0.3, 0.4) is 0 Å². The van der Waals surface area contributed by atoms with Crippen LogP contribution in [0.4, 0.5) is 0 Å². The van der Waals surface area contributed by atoms with Gasteiger partial charge in [-0.15, -0.1) is 0 Å². The Balaban J connectivity index is -0.0000000450. The summed E-state index contributed by atoms with van der Waals surface area (Å²) in [5, 5.41) is 0. The standard InChI is InChI=1S/C2H4NO.Rb.Re/c3-1-2-4;;/h1-2H,3H2;;/q-1;+1;. The van der Waals surface area contributed by atoms with Crippen LogP contribution in [0.25, 0.3) is 0 Å². The monoisotopic (exact) mass is 330 g/mol. The first kappa shape index (κ1) is 15.7. The minimum Gasteiger partial charge on any atom is -0.462 e. The molecule has 0 heterocycles. The predicted octanol–water partition coefficient (Wildman–Crippen LogP) is -3.69. The molecule has 0 fully saturated rings. The van der Waals surface area contributed by atoms with E-state index in [1.54, 1.807) is 0 Å². The Bertz CT molecular complexity index is 27.5. The van der Waals surface area contributed by atoms with Crippen LogP contribution in [-0.4, -0.2) is 6.29 Å². The second-order valence-corrected chi connectivity index (χ2v) is 0.329. The third-order valence-corrected chi connectivity index (χ3v) is 0.0786. The normalized spacial score (nSPS) is 3.50. The van der Waals surface area contributed by atoms with Crippen LogP contribution < -0.4 is 63.9 Å². The second kappa shape index (κ2) is 15.8. The summed E-state index contributed by atoms with van der Waals surface area (Å²) in [6, 6.07) is 0. The van der Waals surface area contributed by atoms with Crippen LogP contribution in [-0.2, 0) is 25.2 Å². The number of carbonyl (C=O) groups is 1. The molecule has 0 amide bonds. The van der Waals surface area contributed by atoms with E-state index in [0.29, 0.717) is 6.29 Å². The molecule has 0 aliphatic carbocycles. The average Bonchev–Trinajstić information content (AvgIpc) is 1.37. The van der Waals surface area contributed by atoms with Gasteiger partial charge in [-0.05, 0) is 6.29 Å². The Hall–Kier alpha value is 1.97. The fourth-order valence-electron chi connectivity index (χ4n) is 0. The molecule has 0 aromatic heterocycles. The molecule has 0 spiro atoms. The summed E-state index contributed by atoms with van der Waals surface area (Å²) >= 11 is 0. The van der Waals surface area contributed by atoms with Crippen molar-refractivity contribution in [2.75, 3.05) is 0 Å². The maximum atomic E-state index is 8.99. The van der Waals surface area contributed by atoms with Crippen molar-refractivity contribution in [3.63, 3.8) is 0 Å². The van der Waals surface area contributed by atoms with Crippen molar-refractivity contribution in [1.82, 2.24) is 0 Å². The van der Waals surface area contributed by atoms with Crippen molar-refractivity contribution in [3.05, 3.63) is 6.54 Å². The number of aldehydes is 1. The zero-order chi connectivity index (χ0) is 3.41. The van der Waals surface area contributed by atoms with E-state index in [4.69, 9.17) is 4.79 Å². The molecule has 2 N–H and O–H groups in total. The van der Waals surface area contributed by atoms with Crippen LogP contribution in [0, 0.1) is 6.54 Å². The first-order valence-corrected chi connectivity index (χ1v) is 0.902. The molecular weight excluding hydrogens is 326 g/mol. The first-order chi connectivity index (χ1) is 1.91. The number of carbonyl (C=O) groups excluding carboxylic acids is 1.